The third-order valence-electron chi connectivity index (χ3n) is 0.947. The summed E-state index contributed by atoms with van der Waals surface area (Å²) in [7, 11) is 0. The van der Waals surface area contributed by atoms with E-state index in [0.29, 0.717) is 6.61 Å². The summed E-state index contributed by atoms with van der Waals surface area (Å²) in [5.41, 5.74) is 0.196. The minimum absolute atomic E-state index is 0.196. The molecule has 0 bridgehead atoms. The molecule has 1 rings (SSSR count). The fourth-order valence-electron chi connectivity index (χ4n) is 0.530. The van der Waals surface area contributed by atoms with Crippen LogP contribution < -0.4 is 0 Å². The van der Waals surface area contributed by atoms with Crippen molar-refractivity contribution >= 4 is 5.97 Å². The lowest BCUT2D eigenvalue weighted by molar-refractivity contribution is -0.132. The zero-order valence-electron chi connectivity index (χ0n) is 4.70. The Hall–Kier alpha value is -1.25. The van der Waals surface area contributed by atoms with Crippen LogP contribution in [0.5, 0.6) is 0 Å². The largest absolute Gasteiger partial charge is 0.496 e. The molecule has 0 saturated carbocycles. The van der Waals surface area contributed by atoms with Crippen LogP contribution in [0.15, 0.2) is 24.0 Å². The van der Waals surface area contributed by atoms with Crippen molar-refractivity contribution < 1.29 is 14.6 Å². The van der Waals surface area contributed by atoms with Crippen molar-refractivity contribution in [3.8, 4) is 0 Å². The average Bonchev–Trinajstić information content (AvgIpc) is 1.90. The predicted molar refractivity (Wildman–Crippen MR) is 30.8 cm³/mol. The Balaban J connectivity index is 2.69. The maximum absolute atomic E-state index is 10.2. The van der Waals surface area contributed by atoms with Crippen LogP contribution in [-0.4, -0.2) is 17.7 Å². The molecule has 0 radical (unpaired) electrons. The van der Waals surface area contributed by atoms with Gasteiger partial charge in [0, 0.05) is 0 Å². The molecule has 1 aliphatic heterocycles. The zero-order chi connectivity index (χ0) is 6.69. The molecule has 0 aliphatic carbocycles. The maximum Gasteiger partial charge on any atom is 0.338 e. The summed E-state index contributed by atoms with van der Waals surface area (Å²) in [6.07, 6.45) is 4.41. The van der Waals surface area contributed by atoms with Gasteiger partial charge in [0.05, 0.1) is 11.8 Å². The highest BCUT2D eigenvalue weighted by molar-refractivity contribution is 5.89. The van der Waals surface area contributed by atoms with Gasteiger partial charge in [-0.05, 0) is 12.2 Å². The molecule has 48 valence electrons. The van der Waals surface area contributed by atoms with Gasteiger partial charge in [-0.15, -0.1) is 0 Å². The Morgan fingerprint density at radius 2 is 2.56 bits per heavy atom. The van der Waals surface area contributed by atoms with Crippen LogP contribution in [0.4, 0.5) is 0 Å². The van der Waals surface area contributed by atoms with E-state index in [1.165, 1.54) is 12.3 Å². The molecule has 0 aromatic heterocycles. The van der Waals surface area contributed by atoms with Crippen LogP contribution in [0.25, 0.3) is 0 Å². The van der Waals surface area contributed by atoms with Gasteiger partial charge in [-0.1, -0.05) is 0 Å². The van der Waals surface area contributed by atoms with E-state index in [-0.39, 0.29) is 5.57 Å². The minimum atomic E-state index is -0.953. The maximum atomic E-state index is 10.2. The monoisotopic (exact) mass is 126 g/mol. The number of hydrogen-bond donors (Lipinski definition) is 1. The van der Waals surface area contributed by atoms with Crippen molar-refractivity contribution in [1.29, 1.82) is 0 Å². The molecule has 1 heterocycles. The van der Waals surface area contributed by atoms with Crippen molar-refractivity contribution in [1.82, 2.24) is 0 Å². The van der Waals surface area contributed by atoms with Gasteiger partial charge in [0.2, 0.25) is 0 Å². The molecule has 1 aliphatic rings. The summed E-state index contributed by atoms with van der Waals surface area (Å²) in [5.74, 6) is -0.953. The Morgan fingerprint density at radius 1 is 1.78 bits per heavy atom. The van der Waals surface area contributed by atoms with E-state index in [1.807, 2.05) is 0 Å². The number of rotatable bonds is 1. The predicted octanol–water partition coefficient (Wildman–Crippen LogP) is 0.541. The molecule has 3 nitrogen and oxygen atoms in total. The molecular weight excluding hydrogens is 120 g/mol. The number of hydrogen-bond acceptors (Lipinski definition) is 2. The third-order valence-corrected chi connectivity index (χ3v) is 0.947. The van der Waals surface area contributed by atoms with Crippen molar-refractivity contribution in [2.45, 2.75) is 0 Å². The smallest absolute Gasteiger partial charge is 0.338 e. The second-order valence-corrected chi connectivity index (χ2v) is 1.61. The second kappa shape index (κ2) is 2.35. The van der Waals surface area contributed by atoms with Gasteiger partial charge < -0.3 is 9.84 Å². The molecule has 0 amide bonds. The van der Waals surface area contributed by atoms with Crippen LogP contribution in [-0.2, 0) is 9.53 Å². The summed E-state index contributed by atoms with van der Waals surface area (Å²) in [4.78, 5) is 10.2. The highest BCUT2D eigenvalue weighted by Crippen LogP contribution is 2.02. The summed E-state index contributed by atoms with van der Waals surface area (Å²) in [5, 5.41) is 8.34. The van der Waals surface area contributed by atoms with Crippen LogP contribution in [0, 0.1) is 0 Å². The summed E-state index contributed by atoms with van der Waals surface area (Å²) >= 11 is 0. The van der Waals surface area contributed by atoms with E-state index in [1.54, 1.807) is 6.08 Å². The van der Waals surface area contributed by atoms with Gasteiger partial charge in [0.25, 0.3) is 0 Å². The Bertz CT molecular complexity index is 179. The topological polar surface area (TPSA) is 46.5 Å². The number of ether oxygens (including phenoxy) is 1. The first-order valence-electron chi connectivity index (χ1n) is 2.52. The summed E-state index contributed by atoms with van der Waals surface area (Å²) in [6, 6.07) is 0. The normalized spacial score (nSPS) is 16.2. The first-order valence-corrected chi connectivity index (χ1v) is 2.52. The average molecular weight is 126 g/mol. The fourth-order valence-corrected chi connectivity index (χ4v) is 0.530. The van der Waals surface area contributed by atoms with E-state index >= 15 is 0 Å². The first-order chi connectivity index (χ1) is 4.30. The molecule has 0 atom stereocenters. The van der Waals surface area contributed by atoms with Crippen LogP contribution in [0.2, 0.25) is 0 Å². The third kappa shape index (κ3) is 1.32. The molecule has 0 aromatic rings. The lowest BCUT2D eigenvalue weighted by Crippen LogP contribution is -2.02. The van der Waals surface area contributed by atoms with Gasteiger partial charge in [0.15, 0.2) is 0 Å². The number of carboxylic acids is 1. The van der Waals surface area contributed by atoms with Gasteiger partial charge in [-0.2, -0.15) is 0 Å². The SMILES string of the molecule is O=C(O)C1=COCC=C1. The van der Waals surface area contributed by atoms with Crippen LogP contribution in [0.3, 0.4) is 0 Å². The number of aliphatic carboxylic acids is 1. The van der Waals surface area contributed by atoms with Crippen molar-refractivity contribution in [3.05, 3.63) is 24.0 Å². The molecule has 0 aromatic carbocycles. The standard InChI is InChI=1S/C6H6O3/c7-6(8)5-2-1-3-9-4-5/h1-2,4H,3H2,(H,7,8). The first kappa shape index (κ1) is 5.88. The molecular formula is C6H6O3. The summed E-state index contributed by atoms with van der Waals surface area (Å²) < 4.78 is 4.71. The van der Waals surface area contributed by atoms with Crippen molar-refractivity contribution in [2.75, 3.05) is 6.61 Å². The van der Waals surface area contributed by atoms with E-state index in [9.17, 15) is 4.79 Å². The molecule has 0 spiro atoms. The minimum Gasteiger partial charge on any atom is -0.496 e. The van der Waals surface area contributed by atoms with E-state index < -0.39 is 5.97 Å². The molecule has 9 heavy (non-hydrogen) atoms. The second-order valence-electron chi connectivity index (χ2n) is 1.61. The van der Waals surface area contributed by atoms with Gasteiger partial charge >= 0.3 is 5.97 Å². The lowest BCUT2D eigenvalue weighted by Gasteiger charge is -2.01. The quantitative estimate of drug-likeness (QED) is 0.557. The van der Waals surface area contributed by atoms with Crippen molar-refractivity contribution in [3.63, 3.8) is 0 Å². The van der Waals surface area contributed by atoms with Crippen molar-refractivity contribution in [2.24, 2.45) is 0 Å². The Labute approximate surface area is 52.2 Å². The molecule has 0 saturated heterocycles. The molecule has 3 heteroatoms. The zero-order valence-corrected chi connectivity index (χ0v) is 4.70. The number of carboxylic acid groups (broad SMARTS) is 1. The van der Waals surface area contributed by atoms with E-state index in [2.05, 4.69) is 0 Å². The molecule has 0 fully saturated rings. The molecule has 1 N–H and O–H groups in total. The van der Waals surface area contributed by atoms with Gasteiger partial charge in [-0.25, -0.2) is 4.79 Å². The van der Waals surface area contributed by atoms with E-state index in [0.717, 1.165) is 0 Å². The fraction of sp³-hybridized carbons (Fsp3) is 0.167. The molecule has 0 unspecified atom stereocenters. The Morgan fingerprint density at radius 3 is 2.89 bits per heavy atom. The van der Waals surface area contributed by atoms with Crippen LogP contribution >= 0.6 is 0 Å². The van der Waals surface area contributed by atoms with Gasteiger partial charge in [0.1, 0.15) is 6.61 Å². The number of carbonyl (C=O) groups is 1. The van der Waals surface area contributed by atoms with Gasteiger partial charge in [-0.3, -0.25) is 0 Å². The van der Waals surface area contributed by atoms with E-state index in [4.69, 9.17) is 9.84 Å². The lowest BCUT2D eigenvalue weighted by atomic mass is 10.2. The highest BCUT2D eigenvalue weighted by Gasteiger charge is 2.04. The summed E-state index contributed by atoms with van der Waals surface area (Å²) in [6.45, 7) is 0.469. The van der Waals surface area contributed by atoms with Crippen LogP contribution in [0.1, 0.15) is 0 Å². The highest BCUT2D eigenvalue weighted by atomic mass is 16.5. The Kier molecular flexibility index (Phi) is 1.53.